The minimum Gasteiger partial charge on any atom is -0.376 e. The maximum absolute atomic E-state index is 12.4. The monoisotopic (exact) mass is 324 g/mol. The molecule has 0 aliphatic rings. The van der Waals surface area contributed by atoms with Gasteiger partial charge in [0, 0.05) is 0 Å². The van der Waals surface area contributed by atoms with Crippen LogP contribution in [0.15, 0.2) is 12.1 Å². The molecule has 0 bridgehead atoms. The van der Waals surface area contributed by atoms with E-state index < -0.39 is 15.6 Å². The Bertz CT molecular complexity index is 592. The molecule has 1 aromatic carbocycles. The van der Waals surface area contributed by atoms with E-state index in [9.17, 15) is 21.6 Å². The normalized spacial score (nSPS) is 12.5. The Morgan fingerprint density at radius 1 is 1.05 bits per heavy atom. The van der Waals surface area contributed by atoms with Crippen LogP contribution < -0.4 is 4.18 Å². The Balaban J connectivity index is 3.33. The van der Waals surface area contributed by atoms with Crippen molar-refractivity contribution in [3.63, 3.8) is 0 Å². The summed E-state index contributed by atoms with van der Waals surface area (Å²) in [5.41, 5.74) is -3.01. The summed E-state index contributed by atoms with van der Waals surface area (Å²) in [5.74, 6) is -0.230. The topological polar surface area (TPSA) is 43.4 Å². The molecule has 0 unspecified atom stereocenters. The van der Waals surface area contributed by atoms with Crippen molar-refractivity contribution in [3.05, 3.63) is 28.8 Å². The maximum Gasteiger partial charge on any atom is 0.534 e. The Labute approximate surface area is 123 Å². The third-order valence-corrected chi connectivity index (χ3v) is 4.16. The van der Waals surface area contributed by atoms with Crippen LogP contribution in [0.3, 0.4) is 0 Å². The van der Waals surface area contributed by atoms with Crippen molar-refractivity contribution < 1.29 is 25.8 Å². The Morgan fingerprint density at radius 3 is 2.05 bits per heavy atom. The summed E-state index contributed by atoms with van der Waals surface area (Å²) in [4.78, 5) is 0. The van der Waals surface area contributed by atoms with Crippen molar-refractivity contribution in [1.82, 2.24) is 0 Å². The van der Waals surface area contributed by atoms with Crippen LogP contribution in [0.5, 0.6) is 5.75 Å². The average molecular weight is 324 g/mol. The van der Waals surface area contributed by atoms with Gasteiger partial charge in [0.15, 0.2) is 0 Å². The van der Waals surface area contributed by atoms with Gasteiger partial charge in [-0.05, 0) is 42.0 Å². The minimum atomic E-state index is -5.63. The molecule has 0 aliphatic heterocycles. The number of aryl methyl sites for hydroxylation is 1. The van der Waals surface area contributed by atoms with E-state index >= 15 is 0 Å². The molecule has 0 saturated carbocycles. The summed E-state index contributed by atoms with van der Waals surface area (Å²) in [6.45, 7) is 5.65. The predicted octanol–water partition coefficient (Wildman–Crippen LogP) is 3.99. The van der Waals surface area contributed by atoms with Crippen molar-refractivity contribution in [2.45, 2.75) is 52.0 Å². The van der Waals surface area contributed by atoms with Gasteiger partial charge in [-0.25, -0.2) is 0 Å². The smallest absolute Gasteiger partial charge is 0.376 e. The molecule has 0 heterocycles. The number of halogens is 3. The molecule has 21 heavy (non-hydrogen) atoms. The van der Waals surface area contributed by atoms with Crippen molar-refractivity contribution in [3.8, 4) is 5.75 Å². The second kappa shape index (κ2) is 6.68. The highest BCUT2D eigenvalue weighted by Crippen LogP contribution is 2.32. The lowest BCUT2D eigenvalue weighted by Gasteiger charge is -2.17. The van der Waals surface area contributed by atoms with Gasteiger partial charge in [0.05, 0.1) is 0 Å². The van der Waals surface area contributed by atoms with Crippen LogP contribution in [0, 0.1) is 0 Å². The van der Waals surface area contributed by atoms with Crippen LogP contribution >= 0.6 is 0 Å². The second-order valence-corrected chi connectivity index (χ2v) is 6.16. The Morgan fingerprint density at radius 2 is 1.62 bits per heavy atom. The van der Waals surface area contributed by atoms with Gasteiger partial charge in [0.1, 0.15) is 5.75 Å². The summed E-state index contributed by atoms with van der Waals surface area (Å²) in [6.07, 6.45) is 2.71. The molecule has 0 spiro atoms. The highest BCUT2D eigenvalue weighted by Gasteiger charge is 2.48. The lowest BCUT2D eigenvalue weighted by molar-refractivity contribution is -0.0500. The molecule has 1 aromatic rings. The molecule has 0 saturated heterocycles. The molecule has 3 nitrogen and oxygen atoms in total. The number of benzene rings is 1. The molecular formula is C14H19F3O3S. The molecule has 0 amide bonds. The first kappa shape index (κ1) is 17.8. The molecular weight excluding hydrogens is 305 g/mol. The van der Waals surface area contributed by atoms with Crippen molar-refractivity contribution in [2.75, 3.05) is 0 Å². The van der Waals surface area contributed by atoms with Gasteiger partial charge in [-0.15, -0.1) is 0 Å². The van der Waals surface area contributed by atoms with Crippen molar-refractivity contribution in [1.29, 1.82) is 0 Å². The van der Waals surface area contributed by atoms with E-state index in [2.05, 4.69) is 4.18 Å². The van der Waals surface area contributed by atoms with Gasteiger partial charge in [0.25, 0.3) is 0 Å². The van der Waals surface area contributed by atoms with Crippen LogP contribution in [0.2, 0.25) is 0 Å². The summed E-state index contributed by atoms with van der Waals surface area (Å²) in [5, 5.41) is 0. The van der Waals surface area contributed by atoms with Gasteiger partial charge in [-0.2, -0.15) is 21.6 Å². The van der Waals surface area contributed by atoms with Gasteiger partial charge < -0.3 is 4.18 Å². The van der Waals surface area contributed by atoms with Gasteiger partial charge in [-0.1, -0.05) is 33.3 Å². The van der Waals surface area contributed by atoms with Gasteiger partial charge in [-0.3, -0.25) is 0 Å². The third kappa shape index (κ3) is 3.90. The molecule has 0 radical (unpaired) electrons. The van der Waals surface area contributed by atoms with Crippen molar-refractivity contribution in [2.24, 2.45) is 0 Å². The zero-order valence-electron chi connectivity index (χ0n) is 12.3. The first-order valence-corrected chi connectivity index (χ1v) is 8.23. The van der Waals surface area contributed by atoms with Gasteiger partial charge in [0.2, 0.25) is 0 Å². The number of hydrogen-bond donors (Lipinski definition) is 0. The van der Waals surface area contributed by atoms with E-state index in [-0.39, 0.29) is 5.75 Å². The summed E-state index contributed by atoms with van der Waals surface area (Å²) >= 11 is 0. The number of rotatable bonds is 6. The largest absolute Gasteiger partial charge is 0.534 e. The Kier molecular flexibility index (Phi) is 5.67. The highest BCUT2D eigenvalue weighted by atomic mass is 32.2. The molecule has 0 N–H and O–H groups in total. The molecule has 0 fully saturated rings. The fourth-order valence-corrected chi connectivity index (χ4v) is 2.78. The fourth-order valence-electron chi connectivity index (χ4n) is 2.30. The molecule has 0 aliphatic carbocycles. The minimum absolute atomic E-state index is 0.230. The summed E-state index contributed by atoms with van der Waals surface area (Å²) in [6, 6.07) is 2.95. The van der Waals surface area contributed by atoms with Crippen LogP contribution in [-0.2, 0) is 29.4 Å². The summed E-state index contributed by atoms with van der Waals surface area (Å²) < 4.78 is 63.9. The highest BCUT2D eigenvalue weighted by molar-refractivity contribution is 7.88. The number of hydrogen-bond acceptors (Lipinski definition) is 3. The molecule has 0 atom stereocenters. The van der Waals surface area contributed by atoms with E-state index in [4.69, 9.17) is 0 Å². The molecule has 1 rings (SSSR count). The fraction of sp³-hybridized carbons (Fsp3) is 0.571. The van der Waals surface area contributed by atoms with E-state index in [0.717, 1.165) is 24.0 Å². The van der Waals surface area contributed by atoms with E-state index in [1.165, 1.54) is 6.07 Å². The standard InChI is InChI=1S/C14H19F3O3S/c1-4-7-10-8-9-13(12(6-3)11(10)5-2)20-21(18,19)14(15,16)17/h8-9H,4-7H2,1-3H3. The second-order valence-electron chi connectivity index (χ2n) is 4.62. The molecule has 7 heteroatoms. The first-order valence-electron chi connectivity index (χ1n) is 6.82. The summed E-state index contributed by atoms with van der Waals surface area (Å²) in [7, 11) is -5.63. The zero-order valence-corrected chi connectivity index (χ0v) is 13.1. The quantitative estimate of drug-likeness (QED) is 0.587. The van der Waals surface area contributed by atoms with E-state index in [1.54, 1.807) is 13.0 Å². The lowest BCUT2D eigenvalue weighted by Crippen LogP contribution is -2.28. The van der Waals surface area contributed by atoms with E-state index in [0.29, 0.717) is 18.4 Å². The van der Waals surface area contributed by atoms with Crippen LogP contribution in [0.1, 0.15) is 43.9 Å². The third-order valence-electron chi connectivity index (χ3n) is 3.19. The Hall–Kier alpha value is -1.24. The molecule has 120 valence electrons. The van der Waals surface area contributed by atoms with Crippen LogP contribution in [0.4, 0.5) is 13.2 Å². The first-order chi connectivity index (χ1) is 9.67. The van der Waals surface area contributed by atoms with Crippen molar-refractivity contribution >= 4 is 10.1 Å². The van der Waals surface area contributed by atoms with Crippen LogP contribution in [0.25, 0.3) is 0 Å². The lowest BCUT2D eigenvalue weighted by atomic mass is 9.94. The number of alkyl halides is 3. The van der Waals surface area contributed by atoms with Crippen LogP contribution in [-0.4, -0.2) is 13.9 Å². The van der Waals surface area contributed by atoms with E-state index in [1.807, 2.05) is 13.8 Å². The predicted molar refractivity (Wildman–Crippen MR) is 74.8 cm³/mol. The molecule has 0 aromatic heterocycles. The average Bonchev–Trinajstić information content (AvgIpc) is 2.38. The SMILES string of the molecule is CCCc1ccc(OS(=O)(=O)C(F)(F)F)c(CC)c1CC. The maximum atomic E-state index is 12.4. The van der Waals surface area contributed by atoms with Gasteiger partial charge >= 0.3 is 15.6 Å². The zero-order chi connectivity index (χ0) is 16.3.